The molecule has 0 aliphatic carbocycles. The average molecular weight is 319 g/mol. The van der Waals surface area contributed by atoms with Crippen molar-refractivity contribution < 1.29 is 0 Å². The quantitative estimate of drug-likeness (QED) is 0.484. The van der Waals surface area contributed by atoms with Crippen LogP contribution in [0.15, 0.2) is 89.8 Å². The first-order chi connectivity index (χ1) is 11.2. The topological polar surface area (TPSA) is 3.24 Å². The number of thioether (sulfide) groups is 1. The highest BCUT2D eigenvalue weighted by Gasteiger charge is 2.11. The summed E-state index contributed by atoms with van der Waals surface area (Å²) < 4.78 is 0. The second kappa shape index (κ2) is 7.38. The van der Waals surface area contributed by atoms with Crippen molar-refractivity contribution in [3.8, 4) is 0 Å². The van der Waals surface area contributed by atoms with Gasteiger partial charge >= 0.3 is 0 Å². The maximum atomic E-state index is 2.28. The molecule has 0 heterocycles. The number of para-hydroxylation sites is 2. The van der Waals surface area contributed by atoms with Crippen LogP contribution in [-0.4, -0.2) is 5.25 Å². The van der Waals surface area contributed by atoms with Crippen LogP contribution < -0.4 is 4.90 Å². The molecule has 3 aromatic rings. The Morgan fingerprint density at radius 2 is 1.04 bits per heavy atom. The van der Waals surface area contributed by atoms with Crippen molar-refractivity contribution >= 4 is 28.8 Å². The molecule has 0 aliphatic heterocycles. The highest BCUT2D eigenvalue weighted by atomic mass is 32.2. The van der Waals surface area contributed by atoms with Gasteiger partial charge in [-0.05, 0) is 48.5 Å². The first-order valence-electron chi connectivity index (χ1n) is 7.91. The van der Waals surface area contributed by atoms with Crippen molar-refractivity contribution in [2.75, 3.05) is 4.90 Å². The maximum Gasteiger partial charge on any atom is 0.0462 e. The summed E-state index contributed by atoms with van der Waals surface area (Å²) in [4.78, 5) is 3.59. The van der Waals surface area contributed by atoms with E-state index in [4.69, 9.17) is 0 Å². The van der Waals surface area contributed by atoms with Crippen LogP contribution in [0.3, 0.4) is 0 Å². The van der Waals surface area contributed by atoms with Gasteiger partial charge in [-0.25, -0.2) is 0 Å². The lowest BCUT2D eigenvalue weighted by Crippen LogP contribution is -2.09. The molecule has 0 N–H and O–H groups in total. The standard InChI is InChI=1S/C21H21NS/c1-17(2)23-21-15-13-20(14-16-21)22(18-9-5-3-6-10-18)19-11-7-4-8-12-19/h3-17H,1-2H3. The number of benzene rings is 3. The molecule has 0 atom stereocenters. The molecule has 0 amide bonds. The van der Waals surface area contributed by atoms with Crippen LogP contribution in [0.5, 0.6) is 0 Å². The molecule has 3 aromatic carbocycles. The fraction of sp³-hybridized carbons (Fsp3) is 0.143. The molecule has 2 heteroatoms. The summed E-state index contributed by atoms with van der Waals surface area (Å²) in [6.45, 7) is 4.44. The zero-order chi connectivity index (χ0) is 16.1. The van der Waals surface area contributed by atoms with E-state index in [-0.39, 0.29) is 0 Å². The predicted molar refractivity (Wildman–Crippen MR) is 102 cm³/mol. The number of anilines is 3. The van der Waals surface area contributed by atoms with E-state index in [1.807, 2.05) is 11.8 Å². The van der Waals surface area contributed by atoms with Gasteiger partial charge in [0.25, 0.3) is 0 Å². The Labute approximate surface area is 143 Å². The van der Waals surface area contributed by atoms with Crippen LogP contribution in [0, 0.1) is 0 Å². The maximum absolute atomic E-state index is 2.28. The van der Waals surface area contributed by atoms with Gasteiger partial charge in [0, 0.05) is 27.2 Å². The van der Waals surface area contributed by atoms with Gasteiger partial charge in [-0.3, -0.25) is 0 Å². The molecule has 0 radical (unpaired) electrons. The molecular formula is C21H21NS. The Morgan fingerprint density at radius 3 is 1.48 bits per heavy atom. The molecule has 3 rings (SSSR count). The summed E-state index contributed by atoms with van der Waals surface area (Å²) in [6.07, 6.45) is 0. The van der Waals surface area contributed by atoms with Crippen molar-refractivity contribution in [2.45, 2.75) is 24.0 Å². The molecule has 0 saturated carbocycles. The van der Waals surface area contributed by atoms with Gasteiger partial charge in [0.2, 0.25) is 0 Å². The molecule has 0 aromatic heterocycles. The Balaban J connectivity index is 1.99. The van der Waals surface area contributed by atoms with E-state index in [2.05, 4.69) is 104 Å². The van der Waals surface area contributed by atoms with E-state index in [0.717, 1.165) is 0 Å². The van der Waals surface area contributed by atoms with Gasteiger partial charge in [-0.2, -0.15) is 0 Å². The Kier molecular flexibility index (Phi) is 5.04. The third kappa shape index (κ3) is 3.96. The molecular weight excluding hydrogens is 298 g/mol. The zero-order valence-corrected chi connectivity index (χ0v) is 14.3. The van der Waals surface area contributed by atoms with Gasteiger partial charge in [0.1, 0.15) is 0 Å². The summed E-state index contributed by atoms with van der Waals surface area (Å²) in [7, 11) is 0. The van der Waals surface area contributed by atoms with E-state index in [1.165, 1.54) is 22.0 Å². The lowest BCUT2D eigenvalue weighted by atomic mass is 10.2. The van der Waals surface area contributed by atoms with E-state index < -0.39 is 0 Å². The minimum absolute atomic E-state index is 0.597. The smallest absolute Gasteiger partial charge is 0.0462 e. The third-order valence-electron chi connectivity index (χ3n) is 3.50. The monoisotopic (exact) mass is 319 g/mol. The van der Waals surface area contributed by atoms with Crippen LogP contribution in [0.25, 0.3) is 0 Å². The minimum Gasteiger partial charge on any atom is -0.311 e. The Hall–Kier alpha value is -2.19. The normalized spacial score (nSPS) is 10.7. The number of hydrogen-bond acceptors (Lipinski definition) is 2. The summed E-state index contributed by atoms with van der Waals surface area (Å²) in [5.41, 5.74) is 3.52. The average Bonchev–Trinajstić information content (AvgIpc) is 2.58. The fourth-order valence-electron chi connectivity index (χ4n) is 2.55. The van der Waals surface area contributed by atoms with Crippen molar-refractivity contribution in [3.63, 3.8) is 0 Å². The molecule has 0 fully saturated rings. The largest absolute Gasteiger partial charge is 0.311 e. The second-order valence-corrected chi connectivity index (χ2v) is 7.32. The molecule has 116 valence electrons. The van der Waals surface area contributed by atoms with Crippen molar-refractivity contribution in [2.24, 2.45) is 0 Å². The molecule has 0 spiro atoms. The Bertz CT molecular complexity index is 681. The van der Waals surface area contributed by atoms with Crippen molar-refractivity contribution in [1.29, 1.82) is 0 Å². The van der Waals surface area contributed by atoms with Crippen LogP contribution in [0.4, 0.5) is 17.1 Å². The van der Waals surface area contributed by atoms with E-state index in [9.17, 15) is 0 Å². The van der Waals surface area contributed by atoms with Crippen LogP contribution >= 0.6 is 11.8 Å². The first-order valence-corrected chi connectivity index (χ1v) is 8.79. The number of nitrogens with zero attached hydrogens (tertiary/aromatic N) is 1. The lowest BCUT2D eigenvalue weighted by Gasteiger charge is -2.25. The number of rotatable bonds is 5. The van der Waals surface area contributed by atoms with Crippen molar-refractivity contribution in [1.82, 2.24) is 0 Å². The van der Waals surface area contributed by atoms with Gasteiger partial charge in [0.05, 0.1) is 0 Å². The van der Waals surface area contributed by atoms with E-state index >= 15 is 0 Å². The molecule has 23 heavy (non-hydrogen) atoms. The molecule has 0 unspecified atom stereocenters. The Morgan fingerprint density at radius 1 is 0.609 bits per heavy atom. The highest BCUT2D eigenvalue weighted by Crippen LogP contribution is 2.35. The fourth-order valence-corrected chi connectivity index (χ4v) is 3.38. The summed E-state index contributed by atoms with van der Waals surface area (Å²) in [5.74, 6) is 0. The second-order valence-electron chi connectivity index (χ2n) is 5.67. The SMILES string of the molecule is CC(C)Sc1ccc(N(c2ccccc2)c2ccccc2)cc1. The highest BCUT2D eigenvalue weighted by molar-refractivity contribution is 7.99. The van der Waals surface area contributed by atoms with Crippen molar-refractivity contribution in [3.05, 3.63) is 84.9 Å². The van der Waals surface area contributed by atoms with E-state index in [0.29, 0.717) is 5.25 Å². The van der Waals surface area contributed by atoms with Gasteiger partial charge in [0.15, 0.2) is 0 Å². The molecule has 0 bridgehead atoms. The van der Waals surface area contributed by atoms with Gasteiger partial charge in [-0.15, -0.1) is 11.8 Å². The van der Waals surface area contributed by atoms with Crippen LogP contribution in [-0.2, 0) is 0 Å². The molecule has 0 saturated heterocycles. The van der Waals surface area contributed by atoms with E-state index in [1.54, 1.807) is 0 Å². The predicted octanol–water partition coefficient (Wildman–Crippen LogP) is 6.66. The summed E-state index contributed by atoms with van der Waals surface area (Å²) in [6, 6.07) is 29.8. The lowest BCUT2D eigenvalue weighted by molar-refractivity contribution is 1.11. The summed E-state index contributed by atoms with van der Waals surface area (Å²) in [5, 5.41) is 0.597. The zero-order valence-electron chi connectivity index (χ0n) is 13.5. The summed E-state index contributed by atoms with van der Waals surface area (Å²) >= 11 is 1.89. The van der Waals surface area contributed by atoms with Gasteiger partial charge in [-0.1, -0.05) is 50.2 Å². The molecule has 0 aliphatic rings. The molecule has 1 nitrogen and oxygen atoms in total. The van der Waals surface area contributed by atoms with Crippen LogP contribution in [0.1, 0.15) is 13.8 Å². The van der Waals surface area contributed by atoms with Gasteiger partial charge < -0.3 is 4.90 Å². The minimum atomic E-state index is 0.597. The number of hydrogen-bond donors (Lipinski definition) is 0. The first kappa shape index (κ1) is 15.7. The van der Waals surface area contributed by atoms with Crippen LogP contribution in [0.2, 0.25) is 0 Å². The third-order valence-corrected chi connectivity index (χ3v) is 4.51.